The predicted molar refractivity (Wildman–Crippen MR) is 113 cm³/mol. The fourth-order valence-corrected chi connectivity index (χ4v) is 3.14. The van der Waals surface area contributed by atoms with Gasteiger partial charge in [0.25, 0.3) is 5.56 Å². The van der Waals surface area contributed by atoms with Gasteiger partial charge in [-0.2, -0.15) is 9.61 Å². The Balaban J connectivity index is 1.64. The van der Waals surface area contributed by atoms with Crippen LogP contribution < -0.4 is 10.9 Å². The van der Waals surface area contributed by atoms with Crippen molar-refractivity contribution >= 4 is 11.3 Å². The highest BCUT2D eigenvalue weighted by molar-refractivity contribution is 5.61. The van der Waals surface area contributed by atoms with Crippen molar-refractivity contribution in [2.45, 2.75) is 26.3 Å². The number of nitrogens with zero attached hydrogens (tertiary/aromatic N) is 3. The molecule has 0 spiro atoms. The summed E-state index contributed by atoms with van der Waals surface area (Å²) in [5.74, 6) is 0.0595. The molecule has 2 heterocycles. The fraction of sp³-hybridized carbons (Fsp3) is 0.174. The number of benzene rings is 2. The summed E-state index contributed by atoms with van der Waals surface area (Å²) in [6.45, 7) is 4.52. The Morgan fingerprint density at radius 1 is 1.03 bits per heavy atom. The first-order chi connectivity index (χ1) is 14.0. The van der Waals surface area contributed by atoms with Crippen LogP contribution in [-0.4, -0.2) is 14.6 Å². The van der Waals surface area contributed by atoms with Crippen LogP contribution >= 0.6 is 0 Å². The smallest absolute Gasteiger partial charge is 0.274 e. The third kappa shape index (κ3) is 4.01. The van der Waals surface area contributed by atoms with Crippen molar-refractivity contribution in [3.8, 4) is 11.3 Å². The van der Waals surface area contributed by atoms with Crippen molar-refractivity contribution < 1.29 is 4.39 Å². The van der Waals surface area contributed by atoms with Gasteiger partial charge in [-0.15, -0.1) is 0 Å². The Morgan fingerprint density at radius 3 is 2.66 bits per heavy atom. The van der Waals surface area contributed by atoms with E-state index in [1.165, 1.54) is 22.2 Å². The number of nitrogens with one attached hydrogen (secondary N) is 1. The quantitative estimate of drug-likeness (QED) is 0.541. The van der Waals surface area contributed by atoms with E-state index in [-0.39, 0.29) is 17.9 Å². The van der Waals surface area contributed by atoms with Gasteiger partial charge in [0.15, 0.2) is 5.65 Å². The van der Waals surface area contributed by atoms with Gasteiger partial charge in [0.1, 0.15) is 5.82 Å². The lowest BCUT2D eigenvalue weighted by Crippen LogP contribution is -2.19. The van der Waals surface area contributed by atoms with Crippen LogP contribution in [0.2, 0.25) is 0 Å². The lowest BCUT2D eigenvalue weighted by molar-refractivity contribution is 0.630. The van der Waals surface area contributed by atoms with Crippen molar-refractivity contribution in [2.24, 2.45) is 0 Å². The molecule has 0 aliphatic rings. The molecular weight excluding hydrogens is 367 g/mol. The van der Waals surface area contributed by atoms with Gasteiger partial charge in [0, 0.05) is 11.6 Å². The molecule has 0 aliphatic heterocycles. The Hall–Kier alpha value is -3.54. The largest absolute Gasteiger partial charge is 0.377 e. The van der Waals surface area contributed by atoms with E-state index in [1.807, 2.05) is 18.2 Å². The standard InChI is InChI=1S/C23H21FN4O/c1-15(2)16-6-5-7-17(12-16)20-10-11-22-26-18(13-23(29)28(22)27-20)14-25-21-9-4-3-8-19(21)24/h3-13,15,25H,14H2,1-2H3. The first kappa shape index (κ1) is 18.8. The highest BCUT2D eigenvalue weighted by Crippen LogP contribution is 2.22. The van der Waals surface area contributed by atoms with Gasteiger partial charge in [-0.3, -0.25) is 4.79 Å². The van der Waals surface area contributed by atoms with E-state index in [1.54, 1.807) is 24.3 Å². The van der Waals surface area contributed by atoms with Gasteiger partial charge in [0.05, 0.1) is 23.6 Å². The van der Waals surface area contributed by atoms with Gasteiger partial charge in [-0.1, -0.05) is 44.2 Å². The summed E-state index contributed by atoms with van der Waals surface area (Å²) in [6, 6.07) is 19.6. The second-order valence-corrected chi connectivity index (χ2v) is 7.19. The second kappa shape index (κ2) is 7.83. The van der Waals surface area contributed by atoms with Crippen LogP contribution in [0.15, 0.2) is 71.5 Å². The number of hydrogen-bond donors (Lipinski definition) is 1. The number of para-hydroxylation sites is 1. The molecule has 4 rings (SSSR count). The lowest BCUT2D eigenvalue weighted by atomic mass is 10.00. The zero-order valence-corrected chi connectivity index (χ0v) is 16.3. The number of hydrogen-bond acceptors (Lipinski definition) is 4. The van der Waals surface area contributed by atoms with Crippen LogP contribution in [-0.2, 0) is 6.54 Å². The molecule has 0 bridgehead atoms. The molecule has 4 aromatic rings. The molecular formula is C23H21FN4O. The van der Waals surface area contributed by atoms with E-state index in [0.29, 0.717) is 28.6 Å². The fourth-order valence-electron chi connectivity index (χ4n) is 3.14. The first-order valence-electron chi connectivity index (χ1n) is 9.50. The van der Waals surface area contributed by atoms with Crippen molar-refractivity contribution in [3.63, 3.8) is 0 Å². The summed E-state index contributed by atoms with van der Waals surface area (Å²) < 4.78 is 15.0. The van der Waals surface area contributed by atoms with Gasteiger partial charge in [0.2, 0.25) is 0 Å². The summed E-state index contributed by atoms with van der Waals surface area (Å²) in [4.78, 5) is 17.1. The molecule has 146 valence electrons. The molecule has 0 unspecified atom stereocenters. The predicted octanol–water partition coefficient (Wildman–Crippen LogP) is 4.63. The molecule has 0 atom stereocenters. The molecule has 0 saturated carbocycles. The Morgan fingerprint density at radius 2 is 1.86 bits per heavy atom. The van der Waals surface area contributed by atoms with Crippen LogP contribution in [0.25, 0.3) is 16.9 Å². The van der Waals surface area contributed by atoms with E-state index in [4.69, 9.17) is 0 Å². The Bertz CT molecular complexity index is 1230. The first-order valence-corrected chi connectivity index (χ1v) is 9.50. The zero-order chi connectivity index (χ0) is 20.4. The molecule has 0 fully saturated rings. The molecule has 6 heteroatoms. The maximum Gasteiger partial charge on any atom is 0.274 e. The van der Waals surface area contributed by atoms with Crippen LogP contribution in [0, 0.1) is 5.82 Å². The minimum absolute atomic E-state index is 0.241. The maximum absolute atomic E-state index is 13.7. The average molecular weight is 388 g/mol. The van der Waals surface area contributed by atoms with Gasteiger partial charge in [-0.05, 0) is 41.8 Å². The number of anilines is 1. The van der Waals surface area contributed by atoms with Gasteiger partial charge < -0.3 is 5.32 Å². The van der Waals surface area contributed by atoms with Crippen LogP contribution in [0.1, 0.15) is 31.0 Å². The molecule has 0 amide bonds. The second-order valence-electron chi connectivity index (χ2n) is 7.19. The molecule has 2 aromatic heterocycles. The number of halogens is 1. The molecule has 1 N–H and O–H groups in total. The zero-order valence-electron chi connectivity index (χ0n) is 16.3. The summed E-state index contributed by atoms with van der Waals surface area (Å²) >= 11 is 0. The Kier molecular flexibility index (Phi) is 5.08. The third-order valence-corrected chi connectivity index (χ3v) is 4.75. The van der Waals surface area contributed by atoms with E-state index >= 15 is 0 Å². The highest BCUT2D eigenvalue weighted by Gasteiger charge is 2.09. The Labute approximate surface area is 167 Å². The minimum atomic E-state index is -0.347. The molecule has 29 heavy (non-hydrogen) atoms. The van der Waals surface area contributed by atoms with Crippen LogP contribution in [0.5, 0.6) is 0 Å². The summed E-state index contributed by atoms with van der Waals surface area (Å²) in [7, 11) is 0. The van der Waals surface area contributed by atoms with E-state index < -0.39 is 0 Å². The van der Waals surface area contributed by atoms with Crippen molar-refractivity contribution in [1.29, 1.82) is 0 Å². The summed E-state index contributed by atoms with van der Waals surface area (Å²) in [5, 5.41) is 7.45. The van der Waals surface area contributed by atoms with Crippen molar-refractivity contribution in [2.75, 3.05) is 5.32 Å². The van der Waals surface area contributed by atoms with Crippen LogP contribution in [0.3, 0.4) is 0 Å². The lowest BCUT2D eigenvalue weighted by Gasteiger charge is -2.10. The van der Waals surface area contributed by atoms with E-state index in [9.17, 15) is 9.18 Å². The summed E-state index contributed by atoms with van der Waals surface area (Å²) in [6.07, 6.45) is 0. The van der Waals surface area contributed by atoms with E-state index in [0.717, 1.165) is 5.56 Å². The SMILES string of the molecule is CC(C)c1cccc(-c2ccc3nc(CNc4ccccc4F)cc(=O)n3n2)c1. The number of aromatic nitrogens is 3. The number of rotatable bonds is 5. The molecule has 0 aliphatic carbocycles. The average Bonchev–Trinajstić information content (AvgIpc) is 2.73. The minimum Gasteiger partial charge on any atom is -0.377 e. The van der Waals surface area contributed by atoms with Gasteiger partial charge in [-0.25, -0.2) is 9.37 Å². The van der Waals surface area contributed by atoms with Crippen molar-refractivity contribution in [1.82, 2.24) is 14.6 Å². The van der Waals surface area contributed by atoms with Crippen molar-refractivity contribution in [3.05, 3.63) is 94.2 Å². The van der Waals surface area contributed by atoms with Crippen LogP contribution in [0.4, 0.5) is 10.1 Å². The molecule has 0 saturated heterocycles. The molecule has 2 aromatic carbocycles. The maximum atomic E-state index is 13.7. The monoisotopic (exact) mass is 388 g/mol. The van der Waals surface area contributed by atoms with Gasteiger partial charge >= 0.3 is 0 Å². The summed E-state index contributed by atoms with van der Waals surface area (Å²) in [5.41, 5.74) is 3.94. The topological polar surface area (TPSA) is 59.3 Å². The molecule has 5 nitrogen and oxygen atoms in total. The highest BCUT2D eigenvalue weighted by atomic mass is 19.1. The number of fused-ring (bicyclic) bond motifs is 1. The van der Waals surface area contributed by atoms with E-state index in [2.05, 4.69) is 41.4 Å². The third-order valence-electron chi connectivity index (χ3n) is 4.75. The molecule has 0 radical (unpaired) electrons. The normalized spacial score (nSPS) is 11.2.